The van der Waals surface area contributed by atoms with Crippen molar-refractivity contribution in [2.45, 2.75) is 51.0 Å². The maximum atomic E-state index is 10.4. The monoisotopic (exact) mass is 180 g/mol. The van der Waals surface area contributed by atoms with E-state index in [9.17, 15) is 5.11 Å². The van der Waals surface area contributed by atoms with Crippen molar-refractivity contribution in [1.82, 2.24) is 0 Å². The van der Waals surface area contributed by atoms with Gasteiger partial charge in [-0.05, 0) is 55.8 Å². The highest BCUT2D eigenvalue weighted by Gasteiger charge is 2.59. The lowest BCUT2D eigenvalue weighted by Gasteiger charge is -2.38. The minimum Gasteiger partial charge on any atom is -0.390 e. The highest BCUT2D eigenvalue weighted by molar-refractivity contribution is 5.09. The number of fused-ring (bicyclic) bond motifs is 5. The third-order valence-electron chi connectivity index (χ3n) is 5.22. The SMILES string of the molecule is CC[C@@]1(O)C[C@@H]2C[C@H]1[C@@H]1CCC[C@H]21. The highest BCUT2D eigenvalue weighted by Crippen LogP contribution is 2.62. The van der Waals surface area contributed by atoms with Gasteiger partial charge in [-0.1, -0.05) is 13.3 Å². The molecule has 0 aromatic rings. The average molecular weight is 180 g/mol. The van der Waals surface area contributed by atoms with E-state index in [2.05, 4.69) is 6.92 Å². The molecule has 3 aliphatic rings. The summed E-state index contributed by atoms with van der Waals surface area (Å²) >= 11 is 0. The van der Waals surface area contributed by atoms with E-state index in [0.29, 0.717) is 5.92 Å². The lowest BCUT2D eigenvalue weighted by atomic mass is 9.72. The smallest absolute Gasteiger partial charge is 0.0678 e. The Morgan fingerprint density at radius 3 is 2.85 bits per heavy atom. The molecule has 0 aromatic carbocycles. The maximum Gasteiger partial charge on any atom is 0.0678 e. The van der Waals surface area contributed by atoms with E-state index in [1.807, 2.05) is 0 Å². The summed E-state index contributed by atoms with van der Waals surface area (Å²) < 4.78 is 0. The highest BCUT2D eigenvalue weighted by atomic mass is 16.3. The van der Waals surface area contributed by atoms with Crippen LogP contribution < -0.4 is 0 Å². The van der Waals surface area contributed by atoms with Gasteiger partial charge in [0.05, 0.1) is 5.60 Å². The van der Waals surface area contributed by atoms with Crippen LogP contribution in [0.15, 0.2) is 0 Å². The third kappa shape index (κ3) is 0.918. The molecule has 13 heavy (non-hydrogen) atoms. The summed E-state index contributed by atoms with van der Waals surface area (Å²) in [4.78, 5) is 0. The number of hydrogen-bond acceptors (Lipinski definition) is 1. The minimum atomic E-state index is -0.254. The molecule has 0 heterocycles. The third-order valence-corrected chi connectivity index (χ3v) is 5.22. The standard InChI is InChI=1S/C12H20O/c1-2-12(13)7-8-6-11(12)10-5-3-4-9(8)10/h8-11,13H,2-7H2,1H3/t8-,9+,10+,11-,12+/m0/s1. The van der Waals surface area contributed by atoms with Crippen molar-refractivity contribution in [1.29, 1.82) is 0 Å². The van der Waals surface area contributed by atoms with Crippen molar-refractivity contribution in [3.63, 3.8) is 0 Å². The fourth-order valence-corrected chi connectivity index (χ4v) is 4.64. The van der Waals surface area contributed by atoms with Gasteiger partial charge in [-0.2, -0.15) is 0 Å². The first-order chi connectivity index (χ1) is 6.24. The van der Waals surface area contributed by atoms with Crippen LogP contribution in [0.5, 0.6) is 0 Å². The van der Waals surface area contributed by atoms with Gasteiger partial charge in [-0.15, -0.1) is 0 Å². The van der Waals surface area contributed by atoms with Crippen LogP contribution in [-0.4, -0.2) is 10.7 Å². The quantitative estimate of drug-likeness (QED) is 0.657. The zero-order valence-electron chi connectivity index (χ0n) is 8.50. The largest absolute Gasteiger partial charge is 0.390 e. The molecule has 0 aliphatic heterocycles. The lowest BCUT2D eigenvalue weighted by Crippen LogP contribution is -2.40. The molecule has 3 aliphatic carbocycles. The van der Waals surface area contributed by atoms with Gasteiger partial charge in [0.2, 0.25) is 0 Å². The van der Waals surface area contributed by atoms with E-state index in [-0.39, 0.29) is 5.60 Å². The molecule has 5 atom stereocenters. The molecular weight excluding hydrogens is 160 g/mol. The fraction of sp³-hybridized carbons (Fsp3) is 1.00. The molecule has 0 spiro atoms. The summed E-state index contributed by atoms with van der Waals surface area (Å²) in [5.74, 6) is 3.48. The van der Waals surface area contributed by atoms with Crippen molar-refractivity contribution in [2.24, 2.45) is 23.7 Å². The molecule has 1 N–H and O–H groups in total. The molecule has 1 nitrogen and oxygen atoms in total. The van der Waals surface area contributed by atoms with E-state index in [0.717, 1.165) is 30.6 Å². The number of rotatable bonds is 1. The van der Waals surface area contributed by atoms with Crippen molar-refractivity contribution >= 4 is 0 Å². The molecule has 0 amide bonds. The van der Waals surface area contributed by atoms with Crippen LogP contribution in [-0.2, 0) is 0 Å². The predicted molar refractivity (Wildman–Crippen MR) is 52.3 cm³/mol. The topological polar surface area (TPSA) is 20.2 Å². The van der Waals surface area contributed by atoms with Crippen LogP contribution in [0.4, 0.5) is 0 Å². The fourth-order valence-electron chi connectivity index (χ4n) is 4.64. The number of hydrogen-bond donors (Lipinski definition) is 1. The van der Waals surface area contributed by atoms with Crippen LogP contribution in [0.3, 0.4) is 0 Å². The van der Waals surface area contributed by atoms with Gasteiger partial charge < -0.3 is 5.11 Å². The molecule has 3 saturated carbocycles. The minimum absolute atomic E-state index is 0.254. The van der Waals surface area contributed by atoms with Crippen molar-refractivity contribution in [3.05, 3.63) is 0 Å². The van der Waals surface area contributed by atoms with Gasteiger partial charge >= 0.3 is 0 Å². The number of aliphatic hydroxyl groups is 1. The molecule has 0 radical (unpaired) electrons. The van der Waals surface area contributed by atoms with Crippen LogP contribution >= 0.6 is 0 Å². The average Bonchev–Trinajstić information content (AvgIpc) is 2.72. The second kappa shape index (κ2) is 2.50. The summed E-state index contributed by atoms with van der Waals surface area (Å²) in [7, 11) is 0. The lowest BCUT2D eigenvalue weighted by molar-refractivity contribution is -0.0482. The molecule has 0 unspecified atom stereocenters. The Morgan fingerprint density at radius 2 is 2.08 bits per heavy atom. The first-order valence-corrected chi connectivity index (χ1v) is 5.97. The summed E-state index contributed by atoms with van der Waals surface area (Å²) in [5.41, 5.74) is -0.254. The Balaban J connectivity index is 1.89. The summed E-state index contributed by atoms with van der Waals surface area (Å²) in [6.07, 6.45) is 7.76. The van der Waals surface area contributed by atoms with Crippen LogP contribution in [0.1, 0.15) is 45.4 Å². The van der Waals surface area contributed by atoms with Gasteiger partial charge in [-0.3, -0.25) is 0 Å². The van der Waals surface area contributed by atoms with Gasteiger partial charge in [0, 0.05) is 0 Å². The molecule has 1 heteroatoms. The predicted octanol–water partition coefficient (Wildman–Crippen LogP) is 2.58. The van der Waals surface area contributed by atoms with E-state index in [4.69, 9.17) is 0 Å². The first kappa shape index (κ1) is 8.28. The first-order valence-electron chi connectivity index (χ1n) is 5.97. The maximum absolute atomic E-state index is 10.4. The summed E-state index contributed by atoms with van der Waals surface area (Å²) in [6.45, 7) is 2.16. The molecule has 0 saturated heterocycles. The van der Waals surface area contributed by atoms with E-state index in [1.165, 1.54) is 25.7 Å². The molecule has 74 valence electrons. The van der Waals surface area contributed by atoms with Gasteiger partial charge in [0.1, 0.15) is 0 Å². The summed E-state index contributed by atoms with van der Waals surface area (Å²) in [6, 6.07) is 0. The van der Waals surface area contributed by atoms with Crippen LogP contribution in [0.2, 0.25) is 0 Å². The molecule has 3 rings (SSSR count). The van der Waals surface area contributed by atoms with Crippen molar-refractivity contribution < 1.29 is 5.11 Å². The molecular formula is C12H20O. The Morgan fingerprint density at radius 1 is 1.31 bits per heavy atom. The van der Waals surface area contributed by atoms with Gasteiger partial charge in [0.25, 0.3) is 0 Å². The van der Waals surface area contributed by atoms with Crippen molar-refractivity contribution in [3.8, 4) is 0 Å². The zero-order chi connectivity index (χ0) is 9.05. The van der Waals surface area contributed by atoms with Gasteiger partial charge in [0.15, 0.2) is 0 Å². The molecule has 2 bridgehead atoms. The second-order valence-corrected chi connectivity index (χ2v) is 5.52. The molecule has 3 fully saturated rings. The van der Waals surface area contributed by atoms with Gasteiger partial charge in [-0.25, -0.2) is 0 Å². The Bertz CT molecular complexity index is 225. The van der Waals surface area contributed by atoms with E-state index < -0.39 is 0 Å². The van der Waals surface area contributed by atoms with Crippen molar-refractivity contribution in [2.75, 3.05) is 0 Å². The second-order valence-electron chi connectivity index (χ2n) is 5.52. The zero-order valence-corrected chi connectivity index (χ0v) is 8.50. The van der Waals surface area contributed by atoms with E-state index in [1.54, 1.807) is 0 Å². The Labute approximate surface area is 80.5 Å². The normalized spacial score (nSPS) is 58.6. The molecule has 0 aromatic heterocycles. The Hall–Kier alpha value is -0.0400. The Kier molecular flexibility index (Phi) is 1.59. The van der Waals surface area contributed by atoms with Crippen LogP contribution in [0, 0.1) is 23.7 Å². The van der Waals surface area contributed by atoms with Crippen LogP contribution in [0.25, 0.3) is 0 Å². The van der Waals surface area contributed by atoms with E-state index >= 15 is 0 Å². The summed E-state index contributed by atoms with van der Waals surface area (Å²) in [5, 5.41) is 10.4.